The Labute approximate surface area is 80.4 Å². The van der Waals surface area contributed by atoms with E-state index in [1.807, 2.05) is 0 Å². The van der Waals surface area contributed by atoms with Gasteiger partial charge in [-0.15, -0.1) is 0 Å². The third-order valence-electron chi connectivity index (χ3n) is 2.91. The number of hydrogen-bond donors (Lipinski definition) is 1. The summed E-state index contributed by atoms with van der Waals surface area (Å²) in [6.07, 6.45) is 3.23. The molecule has 0 amide bonds. The van der Waals surface area contributed by atoms with Crippen molar-refractivity contribution in [3.05, 3.63) is 0 Å². The minimum atomic E-state index is -0.0977. The molecule has 2 unspecified atom stereocenters. The summed E-state index contributed by atoms with van der Waals surface area (Å²) in [5.74, 6) is 0.682. The van der Waals surface area contributed by atoms with Crippen molar-refractivity contribution in [2.75, 3.05) is 6.54 Å². The lowest BCUT2D eigenvalue weighted by atomic mass is 9.88. The quantitative estimate of drug-likeness (QED) is 0.725. The van der Waals surface area contributed by atoms with Gasteiger partial charge in [0.2, 0.25) is 0 Å². The highest BCUT2D eigenvalue weighted by Gasteiger charge is 2.36. The van der Waals surface area contributed by atoms with Crippen LogP contribution in [0.4, 0.5) is 0 Å². The van der Waals surface area contributed by atoms with E-state index in [1.165, 1.54) is 6.42 Å². The summed E-state index contributed by atoms with van der Waals surface area (Å²) < 4.78 is 5.60. The van der Waals surface area contributed by atoms with E-state index < -0.39 is 0 Å². The number of nitrogens with two attached hydrogens (primary N) is 1. The highest BCUT2D eigenvalue weighted by atomic mass is 16.5. The Kier molecular flexibility index (Phi) is 3.17. The molecule has 76 valence electrons. The SMILES string of the molecule is CCC(C)CC1(CC)CN=C(N)O1. The molecule has 1 aliphatic heterocycles. The first kappa shape index (κ1) is 10.4. The van der Waals surface area contributed by atoms with Gasteiger partial charge in [0.05, 0.1) is 6.54 Å². The monoisotopic (exact) mass is 184 g/mol. The maximum atomic E-state index is 5.60. The molecule has 2 atom stereocenters. The van der Waals surface area contributed by atoms with Crippen molar-refractivity contribution in [3.63, 3.8) is 0 Å². The molecule has 0 bridgehead atoms. The van der Waals surface area contributed by atoms with Crippen LogP contribution in [-0.2, 0) is 4.74 Å². The zero-order chi connectivity index (χ0) is 9.90. The lowest BCUT2D eigenvalue weighted by Crippen LogP contribution is -2.35. The molecule has 0 spiro atoms. The van der Waals surface area contributed by atoms with Crippen molar-refractivity contribution in [3.8, 4) is 0 Å². The predicted octanol–water partition coefficient (Wildman–Crippen LogP) is 1.92. The van der Waals surface area contributed by atoms with E-state index in [9.17, 15) is 0 Å². The van der Waals surface area contributed by atoms with E-state index in [0.29, 0.717) is 11.9 Å². The number of nitrogens with zero attached hydrogens (tertiary/aromatic N) is 1. The van der Waals surface area contributed by atoms with Crippen molar-refractivity contribution < 1.29 is 4.74 Å². The van der Waals surface area contributed by atoms with E-state index in [1.54, 1.807) is 0 Å². The third-order valence-corrected chi connectivity index (χ3v) is 2.91. The van der Waals surface area contributed by atoms with Gasteiger partial charge in [0, 0.05) is 0 Å². The van der Waals surface area contributed by atoms with Crippen LogP contribution in [0.2, 0.25) is 0 Å². The second-order valence-electron chi connectivity index (χ2n) is 4.01. The van der Waals surface area contributed by atoms with Gasteiger partial charge in [-0.2, -0.15) is 0 Å². The van der Waals surface area contributed by atoms with Gasteiger partial charge in [0.1, 0.15) is 5.60 Å². The molecule has 0 fully saturated rings. The standard InChI is InChI=1S/C10H20N2O/c1-4-8(3)6-10(5-2)7-12-9(11)13-10/h8H,4-7H2,1-3H3,(H2,11,12). The molecule has 0 saturated carbocycles. The first-order chi connectivity index (χ1) is 6.12. The van der Waals surface area contributed by atoms with Gasteiger partial charge < -0.3 is 10.5 Å². The summed E-state index contributed by atoms with van der Waals surface area (Å²) in [7, 11) is 0. The van der Waals surface area contributed by atoms with Gasteiger partial charge in [0.25, 0.3) is 6.02 Å². The Bertz CT molecular complexity index is 203. The van der Waals surface area contributed by atoms with Crippen molar-refractivity contribution in [2.24, 2.45) is 16.6 Å². The van der Waals surface area contributed by atoms with Gasteiger partial charge in [-0.25, -0.2) is 4.99 Å². The summed E-state index contributed by atoms with van der Waals surface area (Å²) in [5.41, 5.74) is 5.43. The zero-order valence-electron chi connectivity index (χ0n) is 8.84. The second-order valence-corrected chi connectivity index (χ2v) is 4.01. The van der Waals surface area contributed by atoms with Crippen LogP contribution < -0.4 is 5.73 Å². The van der Waals surface area contributed by atoms with Crippen molar-refractivity contribution >= 4 is 6.02 Å². The van der Waals surface area contributed by atoms with E-state index in [-0.39, 0.29) is 5.60 Å². The Hall–Kier alpha value is -0.730. The molecule has 1 aliphatic rings. The minimum absolute atomic E-state index is 0.0977. The average Bonchev–Trinajstić information content (AvgIpc) is 2.48. The Balaban J connectivity index is 2.53. The minimum Gasteiger partial charge on any atom is -0.457 e. The van der Waals surface area contributed by atoms with Crippen LogP contribution in [0.25, 0.3) is 0 Å². The molecule has 13 heavy (non-hydrogen) atoms. The largest absolute Gasteiger partial charge is 0.457 e. The van der Waals surface area contributed by atoms with E-state index in [4.69, 9.17) is 10.5 Å². The molecule has 0 aromatic heterocycles. The number of amidine groups is 1. The number of aliphatic imine (C=N–C) groups is 1. The Morgan fingerprint density at radius 3 is 2.69 bits per heavy atom. The Morgan fingerprint density at radius 1 is 1.62 bits per heavy atom. The number of ether oxygens (including phenoxy) is 1. The number of rotatable bonds is 4. The van der Waals surface area contributed by atoms with Crippen molar-refractivity contribution in [2.45, 2.75) is 45.6 Å². The molecule has 0 saturated heterocycles. The fraction of sp³-hybridized carbons (Fsp3) is 0.900. The molecule has 3 nitrogen and oxygen atoms in total. The van der Waals surface area contributed by atoms with E-state index in [0.717, 1.165) is 19.4 Å². The molecule has 0 aromatic carbocycles. The zero-order valence-corrected chi connectivity index (χ0v) is 8.84. The highest BCUT2D eigenvalue weighted by Crippen LogP contribution is 2.30. The summed E-state index contributed by atoms with van der Waals surface area (Å²) in [4.78, 5) is 4.12. The smallest absolute Gasteiger partial charge is 0.282 e. The molecular formula is C10H20N2O. The second kappa shape index (κ2) is 3.99. The molecular weight excluding hydrogens is 164 g/mol. The lowest BCUT2D eigenvalue weighted by Gasteiger charge is -2.28. The maximum absolute atomic E-state index is 5.60. The normalized spacial score (nSPS) is 29.6. The average molecular weight is 184 g/mol. The maximum Gasteiger partial charge on any atom is 0.282 e. The third kappa shape index (κ3) is 2.36. The highest BCUT2D eigenvalue weighted by molar-refractivity contribution is 5.73. The molecule has 0 radical (unpaired) electrons. The van der Waals surface area contributed by atoms with Gasteiger partial charge in [-0.05, 0) is 18.8 Å². The van der Waals surface area contributed by atoms with Gasteiger partial charge in [-0.3, -0.25) is 0 Å². The van der Waals surface area contributed by atoms with Crippen LogP contribution in [0, 0.1) is 5.92 Å². The molecule has 1 heterocycles. The van der Waals surface area contributed by atoms with Crippen molar-refractivity contribution in [1.29, 1.82) is 0 Å². The summed E-state index contributed by atoms with van der Waals surface area (Å²) in [5, 5.41) is 0. The van der Waals surface area contributed by atoms with Gasteiger partial charge in [-0.1, -0.05) is 27.2 Å². The van der Waals surface area contributed by atoms with Crippen LogP contribution in [-0.4, -0.2) is 18.2 Å². The summed E-state index contributed by atoms with van der Waals surface area (Å²) in [6, 6.07) is 0.366. The molecule has 3 heteroatoms. The molecule has 2 N–H and O–H groups in total. The fourth-order valence-corrected chi connectivity index (χ4v) is 1.72. The fourth-order valence-electron chi connectivity index (χ4n) is 1.72. The lowest BCUT2D eigenvalue weighted by molar-refractivity contribution is 0.0552. The first-order valence-corrected chi connectivity index (χ1v) is 5.11. The van der Waals surface area contributed by atoms with Crippen LogP contribution in [0.3, 0.4) is 0 Å². The predicted molar refractivity (Wildman–Crippen MR) is 54.7 cm³/mol. The first-order valence-electron chi connectivity index (χ1n) is 5.11. The van der Waals surface area contributed by atoms with Crippen LogP contribution in [0.1, 0.15) is 40.0 Å². The molecule has 0 aliphatic carbocycles. The van der Waals surface area contributed by atoms with E-state index in [2.05, 4.69) is 25.8 Å². The van der Waals surface area contributed by atoms with Crippen LogP contribution >= 0.6 is 0 Å². The topological polar surface area (TPSA) is 47.6 Å². The summed E-state index contributed by atoms with van der Waals surface area (Å²) in [6.45, 7) is 7.32. The van der Waals surface area contributed by atoms with Gasteiger partial charge in [0.15, 0.2) is 0 Å². The number of hydrogen-bond acceptors (Lipinski definition) is 3. The van der Waals surface area contributed by atoms with Crippen LogP contribution in [0.5, 0.6) is 0 Å². The molecule has 0 aromatic rings. The summed E-state index contributed by atoms with van der Waals surface area (Å²) >= 11 is 0. The van der Waals surface area contributed by atoms with Crippen molar-refractivity contribution in [1.82, 2.24) is 0 Å². The van der Waals surface area contributed by atoms with E-state index >= 15 is 0 Å². The Morgan fingerprint density at radius 2 is 2.31 bits per heavy atom. The molecule has 1 rings (SSSR count). The van der Waals surface area contributed by atoms with Gasteiger partial charge >= 0.3 is 0 Å². The van der Waals surface area contributed by atoms with Crippen LogP contribution in [0.15, 0.2) is 4.99 Å².